The molecule has 0 aliphatic carbocycles. The highest BCUT2D eigenvalue weighted by atomic mass is 19.1. The van der Waals surface area contributed by atoms with Gasteiger partial charge in [0.25, 0.3) is 0 Å². The average molecular weight is 251 g/mol. The van der Waals surface area contributed by atoms with E-state index in [4.69, 9.17) is 0 Å². The molecule has 0 spiro atoms. The van der Waals surface area contributed by atoms with E-state index in [0.29, 0.717) is 5.82 Å². The molecule has 0 saturated carbocycles. The zero-order chi connectivity index (χ0) is 13.1. The van der Waals surface area contributed by atoms with Crippen molar-refractivity contribution in [1.82, 2.24) is 10.2 Å². The predicted molar refractivity (Wildman–Crippen MR) is 62.0 cm³/mol. The fraction of sp³-hybridized carbons (Fsp3) is 0.167. The van der Waals surface area contributed by atoms with E-state index >= 15 is 0 Å². The van der Waals surface area contributed by atoms with Crippen molar-refractivity contribution in [3.8, 4) is 0 Å². The summed E-state index contributed by atoms with van der Waals surface area (Å²) in [7, 11) is 0. The van der Waals surface area contributed by atoms with Gasteiger partial charge in [0.15, 0.2) is 5.82 Å². The van der Waals surface area contributed by atoms with E-state index in [1.54, 1.807) is 13.0 Å². The summed E-state index contributed by atoms with van der Waals surface area (Å²) in [6.45, 7) is 1.79. The molecule has 0 atom stereocenters. The van der Waals surface area contributed by atoms with Crippen LogP contribution in [0.5, 0.6) is 0 Å². The van der Waals surface area contributed by atoms with Gasteiger partial charge in [-0.15, -0.1) is 0 Å². The number of amides is 1. The van der Waals surface area contributed by atoms with Crippen molar-refractivity contribution >= 4 is 11.7 Å². The standard InChI is InChI=1S/C12H11F2N3O/c1-7-4-11(17-16-7)15-12(18)5-8-2-3-9(13)6-10(8)14/h2-4,6H,5H2,1H3,(H2,15,16,17,18). The Morgan fingerprint density at radius 1 is 1.39 bits per heavy atom. The van der Waals surface area contributed by atoms with E-state index < -0.39 is 17.5 Å². The number of halogens is 2. The van der Waals surface area contributed by atoms with Gasteiger partial charge in [-0.05, 0) is 18.6 Å². The lowest BCUT2D eigenvalue weighted by molar-refractivity contribution is -0.115. The number of aryl methyl sites for hydroxylation is 1. The summed E-state index contributed by atoms with van der Waals surface area (Å²) in [4.78, 5) is 11.6. The molecule has 0 unspecified atom stereocenters. The number of rotatable bonds is 3. The van der Waals surface area contributed by atoms with Crippen LogP contribution in [0.1, 0.15) is 11.3 Å². The summed E-state index contributed by atoms with van der Waals surface area (Å²) < 4.78 is 26.0. The van der Waals surface area contributed by atoms with Crippen LogP contribution in [-0.4, -0.2) is 16.1 Å². The van der Waals surface area contributed by atoms with Gasteiger partial charge in [-0.3, -0.25) is 9.89 Å². The van der Waals surface area contributed by atoms with E-state index in [1.807, 2.05) is 0 Å². The smallest absolute Gasteiger partial charge is 0.230 e. The molecule has 2 N–H and O–H groups in total. The highest BCUT2D eigenvalue weighted by Crippen LogP contribution is 2.11. The Hall–Kier alpha value is -2.24. The molecule has 2 aromatic rings. The quantitative estimate of drug-likeness (QED) is 0.878. The first-order valence-electron chi connectivity index (χ1n) is 5.30. The molecule has 0 aliphatic rings. The van der Waals surface area contributed by atoms with Crippen LogP contribution in [0.3, 0.4) is 0 Å². The predicted octanol–water partition coefficient (Wildman–Crippen LogP) is 2.18. The van der Waals surface area contributed by atoms with Crippen LogP contribution in [0, 0.1) is 18.6 Å². The van der Waals surface area contributed by atoms with Crippen LogP contribution in [0.2, 0.25) is 0 Å². The number of anilines is 1. The van der Waals surface area contributed by atoms with Crippen LogP contribution in [0.4, 0.5) is 14.6 Å². The van der Waals surface area contributed by atoms with Gasteiger partial charge in [-0.2, -0.15) is 5.10 Å². The number of nitrogens with zero attached hydrogens (tertiary/aromatic N) is 1. The number of H-pyrrole nitrogens is 1. The first-order valence-corrected chi connectivity index (χ1v) is 5.30. The minimum absolute atomic E-state index is 0.140. The van der Waals surface area contributed by atoms with E-state index in [-0.39, 0.29) is 12.0 Å². The molecule has 18 heavy (non-hydrogen) atoms. The maximum Gasteiger partial charge on any atom is 0.230 e. The monoisotopic (exact) mass is 251 g/mol. The molecule has 0 aliphatic heterocycles. The lowest BCUT2D eigenvalue weighted by Gasteiger charge is -2.03. The van der Waals surface area contributed by atoms with Crippen LogP contribution in [0.25, 0.3) is 0 Å². The average Bonchev–Trinajstić information content (AvgIpc) is 2.68. The maximum absolute atomic E-state index is 13.3. The Bertz CT molecular complexity index is 580. The number of nitrogens with one attached hydrogen (secondary N) is 2. The Kier molecular flexibility index (Phi) is 3.36. The van der Waals surface area contributed by atoms with Gasteiger partial charge in [-0.1, -0.05) is 6.07 Å². The fourth-order valence-corrected chi connectivity index (χ4v) is 1.51. The number of carbonyl (C=O) groups is 1. The molecule has 94 valence electrons. The molecular formula is C12H11F2N3O. The minimum Gasteiger partial charge on any atom is -0.309 e. The molecule has 0 radical (unpaired) electrons. The number of aromatic nitrogens is 2. The molecule has 0 saturated heterocycles. The lowest BCUT2D eigenvalue weighted by atomic mass is 10.1. The Labute approximate surface area is 102 Å². The molecule has 2 rings (SSSR count). The number of hydrogen-bond donors (Lipinski definition) is 2. The second-order valence-corrected chi connectivity index (χ2v) is 3.90. The van der Waals surface area contributed by atoms with Crippen molar-refractivity contribution in [2.45, 2.75) is 13.3 Å². The number of carbonyl (C=O) groups excluding carboxylic acids is 1. The molecule has 1 aromatic carbocycles. The van der Waals surface area contributed by atoms with Gasteiger partial charge >= 0.3 is 0 Å². The molecule has 6 heteroatoms. The second kappa shape index (κ2) is 4.95. The number of aromatic amines is 1. The Balaban J connectivity index is 2.03. The normalized spacial score (nSPS) is 10.4. The minimum atomic E-state index is -0.733. The van der Waals surface area contributed by atoms with Crippen molar-refractivity contribution in [3.05, 3.63) is 47.2 Å². The molecular weight excluding hydrogens is 240 g/mol. The summed E-state index contributed by atoms with van der Waals surface area (Å²) in [5.41, 5.74) is 0.944. The van der Waals surface area contributed by atoms with E-state index in [0.717, 1.165) is 17.8 Å². The third kappa shape index (κ3) is 2.91. The summed E-state index contributed by atoms with van der Waals surface area (Å²) in [5, 5.41) is 9.00. The Morgan fingerprint density at radius 2 is 2.17 bits per heavy atom. The van der Waals surface area contributed by atoms with E-state index in [9.17, 15) is 13.6 Å². The molecule has 0 fully saturated rings. The summed E-state index contributed by atoms with van der Waals surface area (Å²) in [6.07, 6.45) is -0.169. The van der Waals surface area contributed by atoms with Gasteiger partial charge in [0.1, 0.15) is 11.6 Å². The Morgan fingerprint density at radius 3 is 2.78 bits per heavy atom. The van der Waals surface area contributed by atoms with Gasteiger partial charge in [0, 0.05) is 17.8 Å². The third-order valence-electron chi connectivity index (χ3n) is 2.34. The molecule has 1 aromatic heterocycles. The number of benzene rings is 1. The van der Waals surface area contributed by atoms with E-state index in [2.05, 4.69) is 15.5 Å². The highest BCUT2D eigenvalue weighted by Gasteiger charge is 2.10. The summed E-state index contributed by atoms with van der Waals surface area (Å²) >= 11 is 0. The topological polar surface area (TPSA) is 57.8 Å². The van der Waals surface area contributed by atoms with Crippen molar-refractivity contribution in [2.75, 3.05) is 5.32 Å². The SMILES string of the molecule is Cc1cc(NC(=O)Cc2ccc(F)cc2F)n[nH]1. The van der Waals surface area contributed by atoms with Crippen LogP contribution in [-0.2, 0) is 11.2 Å². The molecule has 1 amide bonds. The zero-order valence-corrected chi connectivity index (χ0v) is 9.63. The van der Waals surface area contributed by atoms with Crippen LogP contribution >= 0.6 is 0 Å². The summed E-state index contributed by atoms with van der Waals surface area (Å²) in [5.74, 6) is -1.44. The van der Waals surface area contributed by atoms with Crippen molar-refractivity contribution < 1.29 is 13.6 Å². The maximum atomic E-state index is 13.3. The van der Waals surface area contributed by atoms with Gasteiger partial charge in [0.05, 0.1) is 6.42 Å². The van der Waals surface area contributed by atoms with Crippen molar-refractivity contribution in [1.29, 1.82) is 0 Å². The first kappa shape index (κ1) is 12.2. The first-order chi connectivity index (χ1) is 8.54. The number of hydrogen-bond acceptors (Lipinski definition) is 2. The largest absolute Gasteiger partial charge is 0.309 e. The van der Waals surface area contributed by atoms with Gasteiger partial charge in [0.2, 0.25) is 5.91 Å². The third-order valence-corrected chi connectivity index (χ3v) is 2.34. The highest BCUT2D eigenvalue weighted by molar-refractivity contribution is 5.91. The second-order valence-electron chi connectivity index (χ2n) is 3.90. The van der Waals surface area contributed by atoms with Crippen LogP contribution in [0.15, 0.2) is 24.3 Å². The zero-order valence-electron chi connectivity index (χ0n) is 9.63. The molecule has 1 heterocycles. The lowest BCUT2D eigenvalue weighted by Crippen LogP contribution is -2.15. The van der Waals surface area contributed by atoms with Gasteiger partial charge < -0.3 is 5.32 Å². The fourth-order valence-electron chi connectivity index (χ4n) is 1.51. The van der Waals surface area contributed by atoms with Crippen LogP contribution < -0.4 is 5.32 Å². The molecule has 0 bridgehead atoms. The van der Waals surface area contributed by atoms with E-state index in [1.165, 1.54) is 6.07 Å². The van der Waals surface area contributed by atoms with Crippen molar-refractivity contribution in [2.24, 2.45) is 0 Å². The van der Waals surface area contributed by atoms with Gasteiger partial charge in [-0.25, -0.2) is 8.78 Å². The molecule has 4 nitrogen and oxygen atoms in total. The van der Waals surface area contributed by atoms with Crippen molar-refractivity contribution in [3.63, 3.8) is 0 Å². The summed E-state index contributed by atoms with van der Waals surface area (Å²) in [6, 6.07) is 4.77.